The Labute approximate surface area is 135 Å². The first-order valence-electron chi connectivity index (χ1n) is 7.54. The van der Waals surface area contributed by atoms with Crippen LogP contribution in [-0.4, -0.2) is 20.9 Å². The summed E-state index contributed by atoms with van der Waals surface area (Å²) in [5.41, 5.74) is 4.08. The molecule has 1 heterocycles. The van der Waals surface area contributed by atoms with Crippen molar-refractivity contribution >= 4 is 5.97 Å². The maximum absolute atomic E-state index is 11.1. The molecule has 0 aliphatic rings. The fourth-order valence-corrected chi connectivity index (χ4v) is 2.45. The van der Waals surface area contributed by atoms with Crippen LogP contribution in [0.15, 0.2) is 60.8 Å². The number of carbonyl (C=O) groups is 1. The zero-order valence-corrected chi connectivity index (χ0v) is 13.1. The van der Waals surface area contributed by atoms with E-state index in [1.165, 1.54) is 5.56 Å². The molecule has 4 heteroatoms. The SMILES string of the molecule is CC(C)c1ccc(-n2ccc(-c3cccc(C(=O)O)c3)n2)cc1. The summed E-state index contributed by atoms with van der Waals surface area (Å²) < 4.78 is 1.80. The molecule has 0 aliphatic heterocycles. The average molecular weight is 306 g/mol. The second kappa shape index (κ2) is 6.08. The zero-order chi connectivity index (χ0) is 16.4. The van der Waals surface area contributed by atoms with Crippen molar-refractivity contribution < 1.29 is 9.90 Å². The Balaban J connectivity index is 1.91. The molecule has 1 N–H and O–H groups in total. The van der Waals surface area contributed by atoms with Gasteiger partial charge < -0.3 is 5.11 Å². The van der Waals surface area contributed by atoms with Gasteiger partial charge in [0.1, 0.15) is 0 Å². The molecule has 0 bridgehead atoms. The molecule has 3 aromatic rings. The van der Waals surface area contributed by atoms with E-state index in [0.717, 1.165) is 16.9 Å². The van der Waals surface area contributed by atoms with Crippen LogP contribution in [0.3, 0.4) is 0 Å². The van der Waals surface area contributed by atoms with E-state index in [0.29, 0.717) is 5.92 Å². The van der Waals surface area contributed by atoms with E-state index in [1.54, 1.807) is 22.9 Å². The summed E-state index contributed by atoms with van der Waals surface area (Å²) >= 11 is 0. The van der Waals surface area contributed by atoms with E-state index >= 15 is 0 Å². The molecular weight excluding hydrogens is 288 g/mol. The molecule has 0 fully saturated rings. The van der Waals surface area contributed by atoms with Crippen molar-refractivity contribution in [1.82, 2.24) is 9.78 Å². The Morgan fingerprint density at radius 3 is 2.48 bits per heavy atom. The molecule has 2 aromatic carbocycles. The van der Waals surface area contributed by atoms with E-state index in [-0.39, 0.29) is 5.56 Å². The molecule has 0 spiro atoms. The number of carboxylic acid groups (broad SMARTS) is 1. The minimum absolute atomic E-state index is 0.262. The molecule has 3 rings (SSSR count). The summed E-state index contributed by atoms with van der Waals surface area (Å²) in [4.78, 5) is 11.1. The van der Waals surface area contributed by atoms with Crippen LogP contribution in [0, 0.1) is 0 Å². The highest BCUT2D eigenvalue weighted by Gasteiger charge is 2.08. The van der Waals surface area contributed by atoms with Crippen molar-refractivity contribution in [2.45, 2.75) is 19.8 Å². The number of benzene rings is 2. The molecule has 0 atom stereocenters. The van der Waals surface area contributed by atoms with Crippen LogP contribution in [0.5, 0.6) is 0 Å². The summed E-state index contributed by atoms with van der Waals surface area (Å²) in [6.45, 7) is 4.33. The van der Waals surface area contributed by atoms with Gasteiger partial charge in [-0.2, -0.15) is 5.10 Å². The van der Waals surface area contributed by atoms with Gasteiger partial charge in [0.15, 0.2) is 0 Å². The summed E-state index contributed by atoms with van der Waals surface area (Å²) in [5, 5.41) is 13.6. The van der Waals surface area contributed by atoms with Crippen LogP contribution >= 0.6 is 0 Å². The fourth-order valence-electron chi connectivity index (χ4n) is 2.45. The molecule has 0 unspecified atom stereocenters. The lowest BCUT2D eigenvalue weighted by Gasteiger charge is -2.07. The van der Waals surface area contributed by atoms with E-state index in [4.69, 9.17) is 5.11 Å². The molecule has 0 saturated carbocycles. The lowest BCUT2D eigenvalue weighted by Crippen LogP contribution is -1.97. The van der Waals surface area contributed by atoms with Gasteiger partial charge in [-0.15, -0.1) is 0 Å². The van der Waals surface area contributed by atoms with Crippen LogP contribution in [-0.2, 0) is 0 Å². The van der Waals surface area contributed by atoms with Crippen LogP contribution in [0.25, 0.3) is 16.9 Å². The molecule has 0 saturated heterocycles. The number of hydrogen-bond acceptors (Lipinski definition) is 2. The molecule has 1 aromatic heterocycles. The van der Waals surface area contributed by atoms with E-state index in [1.807, 2.05) is 30.5 Å². The third-order valence-corrected chi connectivity index (χ3v) is 3.82. The number of hydrogen-bond donors (Lipinski definition) is 1. The van der Waals surface area contributed by atoms with Crippen molar-refractivity contribution in [2.24, 2.45) is 0 Å². The Morgan fingerprint density at radius 1 is 1.09 bits per heavy atom. The number of nitrogens with zero attached hydrogens (tertiary/aromatic N) is 2. The van der Waals surface area contributed by atoms with Crippen LogP contribution in [0.4, 0.5) is 0 Å². The van der Waals surface area contributed by atoms with Crippen LogP contribution in [0.1, 0.15) is 35.7 Å². The minimum Gasteiger partial charge on any atom is -0.478 e. The smallest absolute Gasteiger partial charge is 0.335 e. The van der Waals surface area contributed by atoms with E-state index in [2.05, 4.69) is 31.1 Å². The third kappa shape index (κ3) is 3.16. The number of carboxylic acids is 1. The Kier molecular flexibility index (Phi) is 3.98. The predicted octanol–water partition coefficient (Wildman–Crippen LogP) is 4.36. The second-order valence-electron chi connectivity index (χ2n) is 5.78. The van der Waals surface area contributed by atoms with Crippen LogP contribution in [0.2, 0.25) is 0 Å². The highest BCUT2D eigenvalue weighted by Crippen LogP contribution is 2.21. The van der Waals surface area contributed by atoms with Gasteiger partial charge in [0, 0.05) is 11.8 Å². The molecule has 0 amide bonds. The predicted molar refractivity (Wildman–Crippen MR) is 90.0 cm³/mol. The molecule has 116 valence electrons. The summed E-state index contributed by atoms with van der Waals surface area (Å²) in [7, 11) is 0. The number of aromatic nitrogens is 2. The summed E-state index contributed by atoms with van der Waals surface area (Å²) in [6, 6.07) is 17.0. The Morgan fingerprint density at radius 2 is 1.83 bits per heavy atom. The summed E-state index contributed by atoms with van der Waals surface area (Å²) in [6.07, 6.45) is 1.88. The minimum atomic E-state index is -0.935. The standard InChI is InChI=1S/C19H18N2O2/c1-13(2)14-6-8-17(9-7-14)21-11-10-18(20-21)15-4-3-5-16(12-15)19(22)23/h3-13H,1-2H3,(H,22,23). The van der Waals surface area contributed by atoms with Crippen molar-refractivity contribution in [2.75, 3.05) is 0 Å². The van der Waals surface area contributed by atoms with Gasteiger partial charge in [0.25, 0.3) is 0 Å². The number of rotatable bonds is 4. The van der Waals surface area contributed by atoms with Crippen molar-refractivity contribution in [3.63, 3.8) is 0 Å². The van der Waals surface area contributed by atoms with Gasteiger partial charge in [-0.05, 0) is 41.8 Å². The lowest BCUT2D eigenvalue weighted by atomic mass is 10.0. The van der Waals surface area contributed by atoms with Gasteiger partial charge in [-0.25, -0.2) is 9.48 Å². The van der Waals surface area contributed by atoms with Gasteiger partial charge in [-0.3, -0.25) is 0 Å². The van der Waals surface area contributed by atoms with E-state index < -0.39 is 5.97 Å². The Bertz CT molecular complexity index is 833. The highest BCUT2D eigenvalue weighted by molar-refractivity contribution is 5.89. The van der Waals surface area contributed by atoms with Gasteiger partial charge in [-0.1, -0.05) is 38.1 Å². The fraction of sp³-hybridized carbons (Fsp3) is 0.158. The first-order chi connectivity index (χ1) is 11.0. The molecular formula is C19H18N2O2. The number of aromatic carboxylic acids is 1. The maximum Gasteiger partial charge on any atom is 0.335 e. The first kappa shape index (κ1) is 15.0. The molecule has 0 radical (unpaired) electrons. The maximum atomic E-state index is 11.1. The van der Waals surface area contributed by atoms with Crippen molar-refractivity contribution in [3.05, 3.63) is 71.9 Å². The van der Waals surface area contributed by atoms with Crippen molar-refractivity contribution in [3.8, 4) is 16.9 Å². The lowest BCUT2D eigenvalue weighted by molar-refractivity contribution is 0.0697. The van der Waals surface area contributed by atoms with Crippen LogP contribution < -0.4 is 0 Å². The molecule has 23 heavy (non-hydrogen) atoms. The third-order valence-electron chi connectivity index (χ3n) is 3.82. The second-order valence-corrected chi connectivity index (χ2v) is 5.78. The normalized spacial score (nSPS) is 10.9. The van der Waals surface area contributed by atoms with Gasteiger partial charge in [0.2, 0.25) is 0 Å². The quantitative estimate of drug-likeness (QED) is 0.779. The monoisotopic (exact) mass is 306 g/mol. The highest BCUT2D eigenvalue weighted by atomic mass is 16.4. The molecule has 0 aliphatic carbocycles. The molecule has 4 nitrogen and oxygen atoms in total. The van der Waals surface area contributed by atoms with Gasteiger partial charge >= 0.3 is 5.97 Å². The largest absolute Gasteiger partial charge is 0.478 e. The first-order valence-corrected chi connectivity index (χ1v) is 7.54. The van der Waals surface area contributed by atoms with Gasteiger partial charge in [0.05, 0.1) is 16.9 Å². The van der Waals surface area contributed by atoms with Crippen molar-refractivity contribution in [1.29, 1.82) is 0 Å². The topological polar surface area (TPSA) is 55.1 Å². The zero-order valence-electron chi connectivity index (χ0n) is 13.1. The average Bonchev–Trinajstić information content (AvgIpc) is 3.05. The summed E-state index contributed by atoms with van der Waals surface area (Å²) in [5.74, 6) is -0.438. The Hall–Kier alpha value is -2.88. The van der Waals surface area contributed by atoms with E-state index in [9.17, 15) is 4.79 Å².